The fourth-order valence-corrected chi connectivity index (χ4v) is 2.47. The quantitative estimate of drug-likeness (QED) is 0.866. The predicted octanol–water partition coefficient (Wildman–Crippen LogP) is 2.58. The van der Waals surface area contributed by atoms with Crippen LogP contribution in [0.25, 0.3) is 0 Å². The zero-order chi connectivity index (χ0) is 12.8. The molecule has 1 aromatic carbocycles. The molecule has 1 saturated carbocycles. The van der Waals surface area contributed by atoms with Crippen molar-refractivity contribution in [2.45, 2.75) is 37.3 Å². The van der Waals surface area contributed by atoms with Crippen molar-refractivity contribution < 1.29 is 4.74 Å². The summed E-state index contributed by atoms with van der Waals surface area (Å²) in [6.07, 6.45) is 5.07. The van der Waals surface area contributed by atoms with E-state index in [1.807, 2.05) is 37.4 Å². The van der Waals surface area contributed by atoms with Gasteiger partial charge in [-0.15, -0.1) is 0 Å². The van der Waals surface area contributed by atoms with E-state index in [4.69, 9.17) is 4.74 Å². The fourth-order valence-electron chi connectivity index (χ4n) is 2.47. The molecule has 3 nitrogen and oxygen atoms in total. The fraction of sp³-hybridized carbons (Fsp3) is 0.533. The van der Waals surface area contributed by atoms with Gasteiger partial charge in [-0.25, -0.2) is 0 Å². The number of hydrogen-bond acceptors (Lipinski definition) is 3. The van der Waals surface area contributed by atoms with Gasteiger partial charge in [0.1, 0.15) is 0 Å². The van der Waals surface area contributed by atoms with E-state index in [9.17, 15) is 5.26 Å². The number of ether oxygens (including phenoxy) is 1. The molecule has 0 radical (unpaired) electrons. The maximum atomic E-state index is 9.51. The highest BCUT2D eigenvalue weighted by atomic mass is 16.5. The Hall–Kier alpha value is -1.37. The van der Waals surface area contributed by atoms with E-state index >= 15 is 0 Å². The molecule has 0 aliphatic heterocycles. The molecule has 2 rings (SSSR count). The number of nitrogens with one attached hydrogen (secondary N) is 1. The van der Waals surface area contributed by atoms with Crippen molar-refractivity contribution in [3.63, 3.8) is 0 Å². The Morgan fingerprint density at radius 1 is 1.33 bits per heavy atom. The lowest BCUT2D eigenvalue weighted by molar-refractivity contribution is 0.0282. The molecule has 0 bridgehead atoms. The number of hydrogen-bond donors (Lipinski definition) is 1. The molecule has 0 amide bonds. The molecule has 0 spiro atoms. The van der Waals surface area contributed by atoms with E-state index < -0.39 is 5.54 Å². The summed E-state index contributed by atoms with van der Waals surface area (Å²) in [6.45, 7) is 0.411. The molecule has 3 heteroatoms. The normalized spacial score (nSPS) is 19.3. The molecule has 1 N–H and O–H groups in total. The molecule has 0 heterocycles. The lowest BCUT2D eigenvalue weighted by Crippen LogP contribution is -2.43. The first kappa shape index (κ1) is 13.1. The second-order valence-electron chi connectivity index (χ2n) is 4.85. The van der Waals surface area contributed by atoms with E-state index in [0.29, 0.717) is 12.7 Å². The first-order valence-electron chi connectivity index (χ1n) is 6.58. The first-order chi connectivity index (χ1) is 8.80. The van der Waals surface area contributed by atoms with Gasteiger partial charge in [0.05, 0.1) is 18.8 Å². The van der Waals surface area contributed by atoms with Gasteiger partial charge in [-0.3, -0.25) is 5.32 Å². The molecule has 18 heavy (non-hydrogen) atoms. The summed E-state index contributed by atoms with van der Waals surface area (Å²) in [5.74, 6) is 0. The van der Waals surface area contributed by atoms with Gasteiger partial charge in [-0.05, 0) is 25.5 Å². The van der Waals surface area contributed by atoms with Crippen LogP contribution in [0.2, 0.25) is 0 Å². The highest BCUT2D eigenvalue weighted by Crippen LogP contribution is 2.25. The second-order valence-corrected chi connectivity index (χ2v) is 4.85. The van der Waals surface area contributed by atoms with Crippen LogP contribution in [0.5, 0.6) is 0 Å². The van der Waals surface area contributed by atoms with Crippen LogP contribution in [-0.4, -0.2) is 19.8 Å². The van der Waals surface area contributed by atoms with E-state index in [1.54, 1.807) is 0 Å². The average molecular weight is 244 g/mol. The molecule has 1 aliphatic carbocycles. The maximum absolute atomic E-state index is 9.51. The minimum Gasteiger partial charge on any atom is -0.375 e. The summed E-state index contributed by atoms with van der Waals surface area (Å²) < 4.78 is 5.92. The van der Waals surface area contributed by atoms with E-state index in [1.165, 1.54) is 12.8 Å². The second kappa shape index (κ2) is 5.99. The van der Waals surface area contributed by atoms with Crippen LogP contribution in [-0.2, 0) is 10.3 Å². The highest BCUT2D eigenvalue weighted by Gasteiger charge is 2.32. The monoisotopic (exact) mass is 244 g/mol. The molecule has 0 aromatic heterocycles. The zero-order valence-electron chi connectivity index (χ0n) is 10.9. The zero-order valence-corrected chi connectivity index (χ0v) is 10.9. The molecule has 0 saturated heterocycles. The standard InChI is InChI=1S/C15H20N2O/c1-17-15(11-16,13-7-3-2-4-8-13)12-18-14-9-5-6-10-14/h2-4,7-8,14,17H,5-6,9-10,12H2,1H3. The summed E-state index contributed by atoms with van der Waals surface area (Å²) in [5.41, 5.74) is 0.233. The molecule has 1 unspecified atom stereocenters. The Morgan fingerprint density at radius 3 is 2.56 bits per heavy atom. The van der Waals surface area contributed by atoms with Gasteiger partial charge >= 0.3 is 0 Å². The van der Waals surface area contributed by atoms with Gasteiger partial charge < -0.3 is 4.74 Å². The molecular weight excluding hydrogens is 224 g/mol. The van der Waals surface area contributed by atoms with Crippen LogP contribution in [0.1, 0.15) is 31.2 Å². The summed E-state index contributed by atoms with van der Waals surface area (Å²) in [4.78, 5) is 0. The Labute approximate surface area is 109 Å². The summed E-state index contributed by atoms with van der Waals surface area (Å²) in [5, 5.41) is 12.6. The van der Waals surface area contributed by atoms with Crippen molar-refractivity contribution in [1.29, 1.82) is 5.26 Å². The van der Waals surface area contributed by atoms with Crippen LogP contribution in [0.4, 0.5) is 0 Å². The van der Waals surface area contributed by atoms with Crippen LogP contribution >= 0.6 is 0 Å². The van der Waals surface area contributed by atoms with Crippen molar-refractivity contribution in [1.82, 2.24) is 5.32 Å². The van der Waals surface area contributed by atoms with Gasteiger partial charge in [0.2, 0.25) is 0 Å². The van der Waals surface area contributed by atoms with E-state index in [0.717, 1.165) is 18.4 Å². The minimum absolute atomic E-state index is 0.329. The number of nitriles is 1. The third kappa shape index (κ3) is 2.72. The summed E-state index contributed by atoms with van der Waals surface area (Å²) in [6, 6.07) is 12.2. The smallest absolute Gasteiger partial charge is 0.155 e. The number of likely N-dealkylation sites (N-methyl/N-ethyl adjacent to an activating group) is 1. The van der Waals surface area contributed by atoms with Crippen LogP contribution in [0.3, 0.4) is 0 Å². The third-order valence-corrected chi connectivity index (χ3v) is 3.72. The van der Waals surface area contributed by atoms with Crippen LogP contribution in [0, 0.1) is 11.3 Å². The van der Waals surface area contributed by atoms with Gasteiger partial charge in [0.15, 0.2) is 5.54 Å². The van der Waals surface area contributed by atoms with Gasteiger partial charge in [-0.2, -0.15) is 5.26 Å². The lowest BCUT2D eigenvalue weighted by atomic mass is 9.92. The topological polar surface area (TPSA) is 45.0 Å². The Kier molecular flexibility index (Phi) is 4.35. The Morgan fingerprint density at radius 2 is 2.00 bits per heavy atom. The largest absolute Gasteiger partial charge is 0.375 e. The first-order valence-corrected chi connectivity index (χ1v) is 6.58. The van der Waals surface area contributed by atoms with Gasteiger partial charge in [0, 0.05) is 0 Å². The molecular formula is C15H20N2O. The molecule has 1 atom stereocenters. The molecule has 1 aliphatic rings. The SMILES string of the molecule is CNC(C#N)(COC1CCCC1)c1ccccc1. The van der Waals surface area contributed by atoms with E-state index in [2.05, 4.69) is 11.4 Å². The van der Waals surface area contributed by atoms with Crippen molar-refractivity contribution >= 4 is 0 Å². The van der Waals surface area contributed by atoms with Crippen molar-refractivity contribution in [2.24, 2.45) is 0 Å². The third-order valence-electron chi connectivity index (χ3n) is 3.72. The maximum Gasteiger partial charge on any atom is 0.155 e. The number of rotatable bonds is 5. The average Bonchev–Trinajstić information content (AvgIpc) is 2.95. The molecule has 1 aromatic rings. The van der Waals surface area contributed by atoms with Gasteiger partial charge in [-0.1, -0.05) is 43.2 Å². The summed E-state index contributed by atoms with van der Waals surface area (Å²) >= 11 is 0. The predicted molar refractivity (Wildman–Crippen MR) is 71.0 cm³/mol. The highest BCUT2D eigenvalue weighted by molar-refractivity contribution is 5.31. The molecule has 1 fully saturated rings. The van der Waals surface area contributed by atoms with Gasteiger partial charge in [0.25, 0.3) is 0 Å². The van der Waals surface area contributed by atoms with Crippen molar-refractivity contribution in [3.8, 4) is 6.07 Å². The van der Waals surface area contributed by atoms with E-state index in [-0.39, 0.29) is 0 Å². The van der Waals surface area contributed by atoms with Crippen LogP contribution in [0.15, 0.2) is 30.3 Å². The number of nitrogens with zero attached hydrogens (tertiary/aromatic N) is 1. The lowest BCUT2D eigenvalue weighted by Gasteiger charge is -2.28. The van der Waals surface area contributed by atoms with Crippen LogP contribution < -0.4 is 5.32 Å². The summed E-state index contributed by atoms with van der Waals surface area (Å²) in [7, 11) is 1.81. The van der Waals surface area contributed by atoms with Crippen molar-refractivity contribution in [2.75, 3.05) is 13.7 Å². The number of benzene rings is 1. The Bertz CT molecular complexity index is 406. The minimum atomic E-state index is -0.732. The molecule has 96 valence electrons. The van der Waals surface area contributed by atoms with Crippen molar-refractivity contribution in [3.05, 3.63) is 35.9 Å². The Balaban J connectivity index is 2.09.